The molecular formula is C52H41N3S+2. The molecule has 2 unspecified atom stereocenters. The van der Waals surface area contributed by atoms with Gasteiger partial charge in [0.05, 0.1) is 40.9 Å². The van der Waals surface area contributed by atoms with Gasteiger partial charge in [-0.05, 0) is 77.9 Å². The Hall–Kier alpha value is -5.84. The predicted molar refractivity (Wildman–Crippen MR) is 233 cm³/mol. The van der Waals surface area contributed by atoms with Gasteiger partial charge in [-0.3, -0.25) is 0 Å². The van der Waals surface area contributed by atoms with Gasteiger partial charge in [0.15, 0.2) is 23.1 Å². The number of aryl methyl sites for hydroxylation is 1. The SMILES string of the molecule is C=C1CC23Cc4cc(C(C)(C)C)cc([n+]42)-c2cc4c5cccc6c7ccc8sc9ccccc9c8c7n(c4cc2C3CCc2ccccc2-c2cccc[n+]21)c56. The molecule has 2 atom stereocenters. The number of benzene rings is 5. The predicted octanol–water partition coefficient (Wildman–Crippen LogP) is 12.3. The minimum absolute atomic E-state index is 0.0402. The average Bonchev–Trinajstić information content (AvgIpc) is 3.85. The lowest BCUT2D eigenvalue weighted by atomic mass is 9.62. The van der Waals surface area contributed by atoms with E-state index < -0.39 is 0 Å². The lowest BCUT2D eigenvalue weighted by Gasteiger charge is -2.47. The number of nitrogens with zero attached hydrogens (tertiary/aromatic N) is 3. The molecule has 0 N–H and O–H groups in total. The lowest BCUT2D eigenvalue weighted by molar-refractivity contribution is -0.809. The quantitative estimate of drug-likeness (QED) is 0.137. The molecule has 4 heteroatoms. The Bertz CT molecular complexity index is 3390. The maximum Gasteiger partial charge on any atom is 0.218 e. The van der Waals surface area contributed by atoms with Crippen molar-refractivity contribution in [1.82, 2.24) is 4.40 Å². The molecule has 3 aliphatic rings. The number of hydrogen-bond donors (Lipinski definition) is 0. The highest BCUT2D eigenvalue weighted by atomic mass is 32.1. The Morgan fingerprint density at radius 3 is 2.38 bits per heavy atom. The molecule has 56 heavy (non-hydrogen) atoms. The standard InChI is InChI=1S/C52H41N3S/c1-30-28-52-29-33-24-32(51(2,3)4)25-45(55(33)52)41-26-40-36-16-11-15-35-37-20-22-47-48(38-14-7-8-18-46(38)56-47)50(37)54(49(35)36)44(40)27-39(41)42(52)21-19-31-12-5-6-13-34(31)43-17-9-10-23-53(30)43/h5-18,20,22-27,42H,1,19,21,28-29H2,2-4H3/q+2. The summed E-state index contributed by atoms with van der Waals surface area (Å²) >= 11 is 1.91. The van der Waals surface area contributed by atoms with Crippen LogP contribution in [0.3, 0.4) is 0 Å². The molecule has 13 rings (SSSR count). The van der Waals surface area contributed by atoms with Gasteiger partial charge in [0.25, 0.3) is 0 Å². The average molecular weight is 740 g/mol. The van der Waals surface area contributed by atoms with Crippen LogP contribution in [-0.2, 0) is 23.8 Å². The second-order valence-electron chi connectivity index (χ2n) is 17.9. The van der Waals surface area contributed by atoms with Crippen LogP contribution in [0, 0.1) is 0 Å². The van der Waals surface area contributed by atoms with E-state index in [1.807, 2.05) is 11.3 Å². The first-order chi connectivity index (χ1) is 27.3. The Morgan fingerprint density at radius 1 is 0.696 bits per heavy atom. The molecule has 8 heterocycles. The summed E-state index contributed by atoms with van der Waals surface area (Å²) in [5.41, 5.74) is 16.2. The minimum Gasteiger partial charge on any atom is -0.307 e. The van der Waals surface area contributed by atoms with E-state index in [1.165, 1.54) is 103 Å². The summed E-state index contributed by atoms with van der Waals surface area (Å²) in [6, 6.07) is 46.7. The van der Waals surface area contributed by atoms with Crippen molar-refractivity contribution in [1.29, 1.82) is 0 Å². The van der Waals surface area contributed by atoms with E-state index in [2.05, 4.69) is 162 Å². The number of hydrogen-bond acceptors (Lipinski definition) is 1. The van der Waals surface area contributed by atoms with Crippen LogP contribution in [0.1, 0.15) is 61.9 Å². The van der Waals surface area contributed by atoms with Crippen LogP contribution in [0.25, 0.3) is 86.5 Å². The van der Waals surface area contributed by atoms with Gasteiger partial charge in [0, 0.05) is 71.5 Å². The van der Waals surface area contributed by atoms with Crippen LogP contribution >= 0.6 is 11.3 Å². The number of para-hydroxylation sites is 1. The Kier molecular flexibility index (Phi) is 5.89. The number of allylic oxidation sites excluding steroid dienone is 1. The molecule has 0 aliphatic carbocycles. The second-order valence-corrected chi connectivity index (χ2v) is 18.9. The van der Waals surface area contributed by atoms with E-state index in [-0.39, 0.29) is 11.0 Å². The van der Waals surface area contributed by atoms with Crippen LogP contribution in [0.15, 0.2) is 134 Å². The van der Waals surface area contributed by atoms with Gasteiger partial charge in [-0.15, -0.1) is 11.3 Å². The first-order valence-electron chi connectivity index (χ1n) is 20.2. The van der Waals surface area contributed by atoms with Gasteiger partial charge < -0.3 is 4.40 Å². The van der Waals surface area contributed by atoms with Crippen molar-refractivity contribution in [2.45, 2.75) is 63.3 Å². The van der Waals surface area contributed by atoms with E-state index >= 15 is 0 Å². The van der Waals surface area contributed by atoms with Crippen molar-refractivity contribution in [3.63, 3.8) is 0 Å². The van der Waals surface area contributed by atoms with Crippen molar-refractivity contribution in [3.8, 4) is 22.5 Å². The molecule has 5 aromatic carbocycles. The summed E-state index contributed by atoms with van der Waals surface area (Å²) in [5, 5.41) is 8.13. The zero-order chi connectivity index (χ0) is 37.2. The molecule has 0 fully saturated rings. The highest BCUT2D eigenvalue weighted by molar-refractivity contribution is 7.26. The molecule has 3 aliphatic heterocycles. The number of rotatable bonds is 0. The highest BCUT2D eigenvalue weighted by Gasteiger charge is 2.63. The van der Waals surface area contributed by atoms with Crippen molar-refractivity contribution in [2.24, 2.45) is 0 Å². The summed E-state index contributed by atoms with van der Waals surface area (Å²) in [7, 11) is 0. The number of thiophene rings is 1. The second kappa shape index (κ2) is 10.5. The van der Waals surface area contributed by atoms with Gasteiger partial charge in [0.2, 0.25) is 11.4 Å². The third kappa shape index (κ3) is 3.83. The fourth-order valence-corrected chi connectivity index (χ4v) is 12.6. The number of fused-ring (bicyclic) bond motifs is 16. The molecule has 3 nitrogen and oxygen atoms in total. The van der Waals surface area contributed by atoms with Gasteiger partial charge in [-0.1, -0.05) is 81.4 Å². The Morgan fingerprint density at radius 2 is 1.48 bits per heavy atom. The summed E-state index contributed by atoms with van der Waals surface area (Å²) in [6.07, 6.45) is 6.27. The zero-order valence-electron chi connectivity index (χ0n) is 32.0. The molecule has 5 aromatic heterocycles. The van der Waals surface area contributed by atoms with Crippen molar-refractivity contribution in [3.05, 3.63) is 156 Å². The number of pyridine rings is 2. The van der Waals surface area contributed by atoms with Crippen LogP contribution in [0.4, 0.5) is 0 Å². The van der Waals surface area contributed by atoms with E-state index in [9.17, 15) is 0 Å². The summed E-state index contributed by atoms with van der Waals surface area (Å²) < 4.78 is 10.5. The highest BCUT2D eigenvalue weighted by Crippen LogP contribution is 2.55. The van der Waals surface area contributed by atoms with Gasteiger partial charge in [0.1, 0.15) is 0 Å². The fourth-order valence-electron chi connectivity index (χ4n) is 11.5. The van der Waals surface area contributed by atoms with Crippen LogP contribution in [-0.4, -0.2) is 4.40 Å². The van der Waals surface area contributed by atoms with Crippen LogP contribution in [0.5, 0.6) is 0 Å². The fraction of sp³-hybridized carbons (Fsp3) is 0.192. The topological polar surface area (TPSA) is 12.2 Å². The molecule has 268 valence electrons. The van der Waals surface area contributed by atoms with E-state index in [0.29, 0.717) is 5.92 Å². The smallest absolute Gasteiger partial charge is 0.218 e. The Labute approximate surface area is 329 Å². The van der Waals surface area contributed by atoms with E-state index in [1.54, 1.807) is 0 Å². The number of aromatic nitrogens is 3. The maximum absolute atomic E-state index is 4.89. The normalized spacial score (nSPS) is 19.0. The molecule has 10 aromatic rings. The van der Waals surface area contributed by atoms with Gasteiger partial charge in [-0.2, -0.15) is 9.13 Å². The van der Waals surface area contributed by atoms with Crippen molar-refractivity contribution >= 4 is 75.3 Å². The van der Waals surface area contributed by atoms with Gasteiger partial charge in [-0.25, -0.2) is 0 Å². The van der Waals surface area contributed by atoms with Crippen molar-refractivity contribution in [2.75, 3.05) is 0 Å². The Balaban J connectivity index is 1.15. The molecule has 0 saturated carbocycles. The minimum atomic E-state index is -0.109. The largest absolute Gasteiger partial charge is 0.307 e. The van der Waals surface area contributed by atoms with E-state index in [4.69, 9.17) is 6.58 Å². The van der Waals surface area contributed by atoms with Gasteiger partial charge >= 0.3 is 0 Å². The summed E-state index contributed by atoms with van der Waals surface area (Å²) in [5.74, 6) is 0.312. The first kappa shape index (κ1) is 31.4. The maximum atomic E-state index is 4.89. The van der Waals surface area contributed by atoms with Crippen LogP contribution < -0.4 is 9.13 Å². The molecule has 0 radical (unpaired) electrons. The molecule has 0 amide bonds. The molecule has 0 bridgehead atoms. The lowest BCUT2D eigenvalue weighted by Crippen LogP contribution is -2.74. The molecule has 1 spiro atoms. The zero-order valence-corrected chi connectivity index (χ0v) is 32.8. The van der Waals surface area contributed by atoms with Crippen LogP contribution in [0.2, 0.25) is 0 Å². The molecular weight excluding hydrogens is 699 g/mol. The third-order valence-corrected chi connectivity index (χ3v) is 15.1. The van der Waals surface area contributed by atoms with E-state index in [0.717, 1.165) is 31.4 Å². The van der Waals surface area contributed by atoms with Crippen molar-refractivity contribution < 1.29 is 9.13 Å². The first-order valence-corrected chi connectivity index (χ1v) is 21.0. The summed E-state index contributed by atoms with van der Waals surface area (Å²) in [6.45, 7) is 12.0. The summed E-state index contributed by atoms with van der Waals surface area (Å²) in [4.78, 5) is 0. The molecule has 0 saturated heterocycles. The monoisotopic (exact) mass is 739 g/mol. The third-order valence-electron chi connectivity index (χ3n) is 13.9.